The molecule has 0 N–H and O–H groups in total. The maximum absolute atomic E-state index is 6.07. The first-order valence-corrected chi connectivity index (χ1v) is 10.3. The highest BCUT2D eigenvalue weighted by atomic mass is 32.4. The second-order valence-electron chi connectivity index (χ2n) is 5.40. The molecular formula is C20H18NPS. The van der Waals surface area contributed by atoms with Gasteiger partial charge in [-0.15, -0.1) is 0 Å². The third-order valence-electron chi connectivity index (χ3n) is 3.66. The van der Waals surface area contributed by atoms with Crippen LogP contribution in [0, 0.1) is 6.92 Å². The second kappa shape index (κ2) is 7.04. The van der Waals surface area contributed by atoms with Crippen molar-refractivity contribution in [3.8, 4) is 0 Å². The van der Waals surface area contributed by atoms with Crippen LogP contribution in [-0.4, -0.2) is 6.21 Å². The SMILES string of the molecule is Cc1ccc(/C=N/P(=S)(c2ccccc2)c2ccccc2)cc1. The molecule has 0 aliphatic heterocycles. The van der Waals surface area contributed by atoms with E-state index >= 15 is 0 Å². The van der Waals surface area contributed by atoms with Gasteiger partial charge in [-0.1, -0.05) is 102 Å². The molecule has 0 aromatic heterocycles. The van der Waals surface area contributed by atoms with Crippen molar-refractivity contribution in [2.24, 2.45) is 4.76 Å². The minimum atomic E-state index is -2.20. The van der Waals surface area contributed by atoms with Gasteiger partial charge < -0.3 is 0 Å². The van der Waals surface area contributed by atoms with Crippen LogP contribution < -0.4 is 10.6 Å². The summed E-state index contributed by atoms with van der Waals surface area (Å²) in [5.74, 6) is 0. The van der Waals surface area contributed by atoms with Crippen LogP contribution in [0.2, 0.25) is 0 Å². The monoisotopic (exact) mass is 335 g/mol. The summed E-state index contributed by atoms with van der Waals surface area (Å²) >= 11 is 6.07. The van der Waals surface area contributed by atoms with Gasteiger partial charge in [-0.3, -0.25) is 4.76 Å². The summed E-state index contributed by atoms with van der Waals surface area (Å²) in [6.07, 6.45) is -0.282. The number of rotatable bonds is 4. The van der Waals surface area contributed by atoms with E-state index in [-0.39, 0.29) is 0 Å². The first-order chi connectivity index (χ1) is 11.2. The van der Waals surface area contributed by atoms with E-state index in [1.165, 1.54) is 5.56 Å². The lowest BCUT2D eigenvalue weighted by Crippen LogP contribution is -2.14. The van der Waals surface area contributed by atoms with Gasteiger partial charge in [0.05, 0.1) is 0 Å². The predicted molar refractivity (Wildman–Crippen MR) is 105 cm³/mol. The molecule has 0 bridgehead atoms. The summed E-state index contributed by atoms with van der Waals surface area (Å²) in [5.41, 5.74) is 2.32. The molecule has 3 aromatic carbocycles. The molecule has 114 valence electrons. The maximum Gasteiger partial charge on any atom is 0.112 e. The summed E-state index contributed by atoms with van der Waals surface area (Å²) in [5, 5.41) is 2.23. The quantitative estimate of drug-likeness (QED) is 0.506. The minimum Gasteiger partial charge on any atom is -0.251 e. The highest BCUT2D eigenvalue weighted by Gasteiger charge is 2.20. The zero-order valence-electron chi connectivity index (χ0n) is 13.0. The molecule has 0 spiro atoms. The maximum atomic E-state index is 6.07. The van der Waals surface area contributed by atoms with Crippen LogP contribution in [-0.2, 0) is 11.8 Å². The zero-order valence-corrected chi connectivity index (χ0v) is 14.7. The van der Waals surface area contributed by atoms with Gasteiger partial charge in [0.2, 0.25) is 0 Å². The Labute approximate surface area is 142 Å². The molecule has 0 radical (unpaired) electrons. The van der Waals surface area contributed by atoms with Gasteiger partial charge in [0.15, 0.2) is 0 Å². The molecule has 3 rings (SSSR count). The van der Waals surface area contributed by atoms with Crippen molar-refractivity contribution in [1.82, 2.24) is 0 Å². The van der Waals surface area contributed by atoms with Gasteiger partial charge in [0.1, 0.15) is 6.19 Å². The predicted octanol–water partition coefficient (Wildman–Crippen LogP) is 4.46. The Bertz CT molecular complexity index is 796. The topological polar surface area (TPSA) is 12.4 Å². The van der Waals surface area contributed by atoms with Crippen molar-refractivity contribution in [2.45, 2.75) is 6.92 Å². The Kier molecular flexibility index (Phi) is 4.85. The third kappa shape index (κ3) is 3.67. The first kappa shape index (κ1) is 15.9. The molecular weight excluding hydrogens is 317 g/mol. The van der Waals surface area contributed by atoms with Crippen LogP contribution in [0.4, 0.5) is 0 Å². The van der Waals surface area contributed by atoms with Gasteiger partial charge in [-0.25, -0.2) is 0 Å². The van der Waals surface area contributed by atoms with Crippen LogP contribution in [0.3, 0.4) is 0 Å². The van der Waals surface area contributed by atoms with Crippen molar-refractivity contribution in [3.05, 3.63) is 96.1 Å². The van der Waals surface area contributed by atoms with Gasteiger partial charge in [0.25, 0.3) is 0 Å². The summed E-state index contributed by atoms with van der Waals surface area (Å²) in [6, 6.07) is 28.8. The Hall–Kier alpha value is -2.02. The van der Waals surface area contributed by atoms with E-state index in [9.17, 15) is 0 Å². The highest BCUT2D eigenvalue weighted by Crippen LogP contribution is 2.45. The number of hydrogen-bond donors (Lipinski definition) is 0. The molecule has 1 nitrogen and oxygen atoms in total. The number of hydrogen-bond acceptors (Lipinski definition) is 1. The minimum absolute atomic E-state index is 1.08. The lowest BCUT2D eigenvalue weighted by molar-refractivity contribution is 1.47. The Morgan fingerprint density at radius 2 is 1.22 bits per heavy atom. The van der Waals surface area contributed by atoms with E-state index in [4.69, 9.17) is 16.6 Å². The molecule has 0 saturated carbocycles. The van der Waals surface area contributed by atoms with E-state index in [1.54, 1.807) is 0 Å². The third-order valence-corrected chi connectivity index (χ3v) is 7.64. The Morgan fingerprint density at radius 3 is 1.70 bits per heavy atom. The van der Waals surface area contributed by atoms with Crippen LogP contribution in [0.25, 0.3) is 0 Å². The second-order valence-corrected chi connectivity index (χ2v) is 9.40. The van der Waals surface area contributed by atoms with Crippen LogP contribution >= 0.6 is 6.19 Å². The molecule has 0 atom stereocenters. The van der Waals surface area contributed by atoms with Gasteiger partial charge in [-0.2, -0.15) is 0 Å². The molecule has 3 heteroatoms. The van der Waals surface area contributed by atoms with Gasteiger partial charge >= 0.3 is 0 Å². The average molecular weight is 335 g/mol. The molecule has 0 unspecified atom stereocenters. The summed E-state index contributed by atoms with van der Waals surface area (Å²) < 4.78 is 4.90. The lowest BCUT2D eigenvalue weighted by atomic mass is 10.2. The standard InChI is InChI=1S/C20H18NPS/c1-17-12-14-18(15-13-17)16-21-22(23,19-8-4-2-5-9-19)20-10-6-3-7-11-20/h2-16H,1H3/b21-16+. The van der Waals surface area contributed by atoms with E-state index in [2.05, 4.69) is 55.5 Å². The summed E-state index contributed by atoms with van der Waals surface area (Å²) in [6.45, 7) is 2.08. The molecule has 0 aliphatic rings. The van der Waals surface area contributed by atoms with Crippen molar-refractivity contribution < 1.29 is 0 Å². The zero-order chi connectivity index (χ0) is 16.1. The molecule has 0 fully saturated rings. The average Bonchev–Trinajstić information content (AvgIpc) is 2.62. The van der Waals surface area contributed by atoms with E-state index in [0.29, 0.717) is 0 Å². The number of benzene rings is 3. The largest absolute Gasteiger partial charge is 0.251 e. The smallest absolute Gasteiger partial charge is 0.112 e. The Morgan fingerprint density at radius 1 is 0.739 bits per heavy atom. The molecule has 0 saturated heterocycles. The van der Waals surface area contributed by atoms with Gasteiger partial charge in [0, 0.05) is 16.8 Å². The molecule has 23 heavy (non-hydrogen) atoms. The van der Waals surface area contributed by atoms with Crippen molar-refractivity contribution in [2.75, 3.05) is 0 Å². The molecule has 3 aromatic rings. The van der Waals surface area contributed by atoms with Crippen LogP contribution in [0.15, 0.2) is 89.7 Å². The fraction of sp³-hybridized carbons (Fsp3) is 0.0500. The highest BCUT2D eigenvalue weighted by molar-refractivity contribution is 8.21. The van der Waals surface area contributed by atoms with Gasteiger partial charge in [-0.05, 0) is 12.5 Å². The summed E-state index contributed by atoms with van der Waals surface area (Å²) in [7, 11) is 0. The fourth-order valence-corrected chi connectivity index (χ4v) is 5.23. The molecule has 0 heterocycles. The molecule has 0 amide bonds. The molecule has 0 aliphatic carbocycles. The van der Waals surface area contributed by atoms with Crippen molar-refractivity contribution in [3.63, 3.8) is 0 Å². The van der Waals surface area contributed by atoms with E-state index < -0.39 is 6.19 Å². The fourth-order valence-electron chi connectivity index (χ4n) is 2.34. The normalized spacial score (nSPS) is 11.7. The van der Waals surface area contributed by atoms with Crippen LogP contribution in [0.1, 0.15) is 11.1 Å². The number of aryl methyl sites for hydroxylation is 1. The van der Waals surface area contributed by atoms with E-state index in [0.717, 1.165) is 16.2 Å². The first-order valence-electron chi connectivity index (χ1n) is 7.52. The lowest BCUT2D eigenvalue weighted by Gasteiger charge is -2.18. The summed E-state index contributed by atoms with van der Waals surface area (Å²) in [4.78, 5) is 0. The Balaban J connectivity index is 2.06. The number of nitrogens with zero attached hydrogens (tertiary/aromatic N) is 1. The van der Waals surface area contributed by atoms with Crippen molar-refractivity contribution in [1.29, 1.82) is 0 Å². The van der Waals surface area contributed by atoms with Crippen molar-refractivity contribution >= 4 is 34.8 Å². The van der Waals surface area contributed by atoms with E-state index in [1.807, 2.05) is 42.6 Å². The van der Waals surface area contributed by atoms with Crippen LogP contribution in [0.5, 0.6) is 0 Å².